The molecule has 0 bridgehead atoms. The van der Waals surface area contributed by atoms with Crippen molar-refractivity contribution >= 4 is 11.5 Å². The first kappa shape index (κ1) is 13.6. The van der Waals surface area contributed by atoms with Crippen molar-refractivity contribution in [3.63, 3.8) is 0 Å². The van der Waals surface area contributed by atoms with Crippen LogP contribution in [-0.2, 0) is 4.74 Å². The van der Waals surface area contributed by atoms with E-state index in [2.05, 4.69) is 22.2 Å². The molecule has 0 saturated heterocycles. The molecule has 2 aromatic rings. The quantitative estimate of drug-likeness (QED) is 0.739. The Morgan fingerprint density at radius 1 is 1.26 bits per heavy atom. The first-order chi connectivity index (χ1) is 9.35. The van der Waals surface area contributed by atoms with Gasteiger partial charge in [0.25, 0.3) is 5.88 Å². The van der Waals surface area contributed by atoms with Crippen molar-refractivity contribution in [1.29, 1.82) is 0 Å². The smallest absolute Gasteiger partial charge is 0.260 e. The Morgan fingerprint density at radius 2 is 2.16 bits per heavy atom. The lowest BCUT2D eigenvalue weighted by atomic mass is 10.5. The van der Waals surface area contributed by atoms with Crippen molar-refractivity contribution < 1.29 is 9.47 Å². The summed E-state index contributed by atoms with van der Waals surface area (Å²) in [5.74, 6) is 1.31. The zero-order chi connectivity index (χ0) is 13.5. The predicted octanol–water partition coefficient (Wildman–Crippen LogP) is 1.97. The maximum atomic E-state index is 5.65. The Hall–Kier alpha value is -1.82. The molecule has 0 aliphatic carbocycles. The molecular weight excluding hydrogens is 244 g/mol. The van der Waals surface area contributed by atoms with Crippen LogP contribution in [0.25, 0.3) is 5.65 Å². The fraction of sp³-hybridized carbons (Fsp3) is 0.538. The Bertz CT molecular complexity index is 512. The van der Waals surface area contributed by atoms with Crippen LogP contribution < -0.4 is 10.1 Å². The first-order valence-corrected chi connectivity index (χ1v) is 6.63. The van der Waals surface area contributed by atoms with E-state index in [0.717, 1.165) is 31.0 Å². The van der Waals surface area contributed by atoms with E-state index in [1.807, 2.05) is 23.7 Å². The monoisotopic (exact) mass is 264 g/mol. The standard InChI is InChI=1S/C13H20N4O2/c1-3-7-18-8-9-19-13-12-15-5-6-17(12)10-11(16-13)14-4-2/h5-6,10,14H,3-4,7-9H2,1-2H3. The molecule has 0 aliphatic heterocycles. The van der Waals surface area contributed by atoms with Gasteiger partial charge in [0.2, 0.25) is 5.65 Å². The number of nitrogens with one attached hydrogen (secondary N) is 1. The van der Waals surface area contributed by atoms with Gasteiger partial charge >= 0.3 is 0 Å². The molecule has 0 atom stereocenters. The third-order valence-corrected chi connectivity index (χ3v) is 2.52. The lowest BCUT2D eigenvalue weighted by molar-refractivity contribution is 0.0994. The number of hydrogen-bond acceptors (Lipinski definition) is 5. The molecule has 0 unspecified atom stereocenters. The minimum absolute atomic E-state index is 0.477. The molecule has 0 amide bonds. The molecule has 0 spiro atoms. The number of nitrogens with zero attached hydrogens (tertiary/aromatic N) is 3. The normalized spacial score (nSPS) is 10.8. The van der Waals surface area contributed by atoms with E-state index in [4.69, 9.17) is 9.47 Å². The summed E-state index contributed by atoms with van der Waals surface area (Å²) in [6.07, 6.45) is 6.51. The number of ether oxygens (including phenoxy) is 2. The number of imidazole rings is 1. The highest BCUT2D eigenvalue weighted by atomic mass is 16.5. The second-order valence-corrected chi connectivity index (χ2v) is 4.08. The number of aromatic nitrogens is 3. The Labute approximate surface area is 112 Å². The average Bonchev–Trinajstić information content (AvgIpc) is 2.87. The van der Waals surface area contributed by atoms with Gasteiger partial charge in [0.1, 0.15) is 12.4 Å². The lowest BCUT2D eigenvalue weighted by Gasteiger charge is -2.09. The summed E-state index contributed by atoms with van der Waals surface area (Å²) in [4.78, 5) is 8.65. The van der Waals surface area contributed by atoms with Crippen LogP contribution in [0.4, 0.5) is 5.82 Å². The van der Waals surface area contributed by atoms with E-state index >= 15 is 0 Å². The van der Waals surface area contributed by atoms with E-state index in [0.29, 0.717) is 19.1 Å². The van der Waals surface area contributed by atoms with Gasteiger partial charge < -0.3 is 14.8 Å². The minimum Gasteiger partial charge on any atom is -0.473 e. The van der Waals surface area contributed by atoms with Crippen molar-refractivity contribution in [3.05, 3.63) is 18.6 Å². The molecule has 19 heavy (non-hydrogen) atoms. The fourth-order valence-corrected chi connectivity index (χ4v) is 1.71. The van der Waals surface area contributed by atoms with Crippen LogP contribution in [0.15, 0.2) is 18.6 Å². The molecule has 6 heteroatoms. The highest BCUT2D eigenvalue weighted by Gasteiger charge is 2.08. The molecule has 2 heterocycles. The van der Waals surface area contributed by atoms with Crippen LogP contribution in [-0.4, -0.2) is 40.7 Å². The summed E-state index contributed by atoms with van der Waals surface area (Å²) in [5.41, 5.74) is 0.720. The summed E-state index contributed by atoms with van der Waals surface area (Å²) in [6.45, 7) is 6.72. The first-order valence-electron chi connectivity index (χ1n) is 6.63. The molecular formula is C13H20N4O2. The van der Waals surface area contributed by atoms with Crippen molar-refractivity contribution in [2.45, 2.75) is 20.3 Å². The van der Waals surface area contributed by atoms with Gasteiger partial charge in [-0.1, -0.05) is 6.92 Å². The maximum Gasteiger partial charge on any atom is 0.260 e. The van der Waals surface area contributed by atoms with Crippen molar-refractivity contribution in [2.75, 3.05) is 31.7 Å². The highest BCUT2D eigenvalue weighted by molar-refractivity contribution is 5.53. The van der Waals surface area contributed by atoms with E-state index in [-0.39, 0.29) is 0 Å². The zero-order valence-corrected chi connectivity index (χ0v) is 11.4. The molecule has 0 saturated carbocycles. The van der Waals surface area contributed by atoms with Crippen LogP contribution in [0.5, 0.6) is 5.88 Å². The molecule has 0 aliphatic rings. The summed E-state index contributed by atoms with van der Waals surface area (Å²) >= 11 is 0. The third-order valence-electron chi connectivity index (χ3n) is 2.52. The van der Waals surface area contributed by atoms with Gasteiger partial charge in [0.15, 0.2) is 0 Å². The second-order valence-electron chi connectivity index (χ2n) is 4.08. The predicted molar refractivity (Wildman–Crippen MR) is 73.8 cm³/mol. The van der Waals surface area contributed by atoms with Crippen LogP contribution >= 0.6 is 0 Å². The van der Waals surface area contributed by atoms with Gasteiger partial charge in [-0.3, -0.25) is 4.40 Å². The van der Waals surface area contributed by atoms with Crippen molar-refractivity contribution in [1.82, 2.24) is 14.4 Å². The minimum atomic E-state index is 0.477. The molecule has 1 N–H and O–H groups in total. The Morgan fingerprint density at radius 3 is 2.95 bits per heavy atom. The van der Waals surface area contributed by atoms with E-state index in [1.54, 1.807) is 6.20 Å². The second kappa shape index (κ2) is 6.94. The summed E-state index contributed by atoms with van der Waals surface area (Å²) in [7, 11) is 0. The van der Waals surface area contributed by atoms with Crippen LogP contribution in [0.2, 0.25) is 0 Å². The number of rotatable bonds is 8. The third kappa shape index (κ3) is 3.57. The van der Waals surface area contributed by atoms with E-state index < -0.39 is 0 Å². The van der Waals surface area contributed by atoms with Gasteiger partial charge in [0.05, 0.1) is 12.8 Å². The highest BCUT2D eigenvalue weighted by Crippen LogP contribution is 2.18. The molecule has 2 aromatic heterocycles. The van der Waals surface area contributed by atoms with Crippen molar-refractivity contribution in [3.8, 4) is 5.88 Å². The SMILES string of the molecule is CCCOCCOc1nc(NCC)cn2ccnc12. The summed E-state index contributed by atoms with van der Waals surface area (Å²) in [5, 5.41) is 3.17. The number of hydrogen-bond donors (Lipinski definition) is 1. The van der Waals surface area contributed by atoms with Gasteiger partial charge in [-0.05, 0) is 13.3 Å². The Kier molecular flexibility index (Phi) is 4.97. The zero-order valence-electron chi connectivity index (χ0n) is 11.4. The molecule has 0 radical (unpaired) electrons. The van der Waals surface area contributed by atoms with Gasteiger partial charge in [-0.2, -0.15) is 4.98 Å². The molecule has 0 fully saturated rings. The largest absolute Gasteiger partial charge is 0.473 e. The van der Waals surface area contributed by atoms with Crippen molar-refractivity contribution in [2.24, 2.45) is 0 Å². The molecule has 104 valence electrons. The summed E-state index contributed by atoms with van der Waals surface area (Å²) in [6, 6.07) is 0. The summed E-state index contributed by atoms with van der Waals surface area (Å²) < 4.78 is 12.9. The average molecular weight is 264 g/mol. The molecule has 6 nitrogen and oxygen atoms in total. The van der Waals surface area contributed by atoms with Gasteiger partial charge in [-0.15, -0.1) is 0 Å². The Balaban J connectivity index is 2.04. The number of fused-ring (bicyclic) bond motifs is 1. The number of anilines is 1. The molecule has 2 rings (SSSR count). The fourth-order valence-electron chi connectivity index (χ4n) is 1.71. The van der Waals surface area contributed by atoms with Gasteiger partial charge in [-0.25, -0.2) is 4.98 Å². The topological polar surface area (TPSA) is 60.7 Å². The molecule has 0 aromatic carbocycles. The van der Waals surface area contributed by atoms with Crippen LogP contribution in [0.1, 0.15) is 20.3 Å². The van der Waals surface area contributed by atoms with E-state index in [9.17, 15) is 0 Å². The van der Waals surface area contributed by atoms with Gasteiger partial charge in [0, 0.05) is 25.5 Å². The van der Waals surface area contributed by atoms with E-state index in [1.165, 1.54) is 0 Å². The van der Waals surface area contributed by atoms with Crippen LogP contribution in [0, 0.1) is 0 Å². The van der Waals surface area contributed by atoms with Crippen LogP contribution in [0.3, 0.4) is 0 Å². The lowest BCUT2D eigenvalue weighted by Crippen LogP contribution is -2.10. The maximum absolute atomic E-state index is 5.65.